The number of para-hydroxylation sites is 1. The second kappa shape index (κ2) is 9.26. The number of fused-ring (bicyclic) bond motifs is 1. The molecule has 0 bridgehead atoms. The number of hydrogen-bond acceptors (Lipinski definition) is 4. The monoisotopic (exact) mass is 382 g/mol. The van der Waals surface area contributed by atoms with Gasteiger partial charge in [-0.15, -0.1) is 0 Å². The average Bonchev–Trinajstić information content (AvgIpc) is 2.84. The minimum atomic E-state index is -0.236. The molecule has 0 atom stereocenters. The van der Waals surface area contributed by atoms with Gasteiger partial charge in [-0.1, -0.05) is 38.0 Å². The lowest BCUT2D eigenvalue weighted by Gasteiger charge is -2.22. The Morgan fingerprint density at radius 2 is 1.89 bits per heavy atom. The number of amides is 2. The predicted octanol–water partition coefficient (Wildman–Crippen LogP) is 3.54. The Bertz CT molecular complexity index is 850. The third kappa shape index (κ3) is 4.44. The second-order valence-corrected chi connectivity index (χ2v) is 6.72. The first kappa shape index (κ1) is 19.7. The van der Waals surface area contributed by atoms with Crippen molar-refractivity contribution in [3.05, 3.63) is 53.6 Å². The minimum Gasteiger partial charge on any atom is -0.493 e. The number of ether oxygens (including phenoxy) is 2. The second-order valence-electron chi connectivity index (χ2n) is 6.72. The van der Waals surface area contributed by atoms with Crippen LogP contribution in [0.1, 0.15) is 42.1 Å². The van der Waals surface area contributed by atoms with E-state index in [-0.39, 0.29) is 18.4 Å². The summed E-state index contributed by atoms with van der Waals surface area (Å²) in [6, 6.07) is 12.8. The van der Waals surface area contributed by atoms with Gasteiger partial charge in [0.15, 0.2) is 11.5 Å². The molecule has 2 amide bonds. The van der Waals surface area contributed by atoms with Crippen LogP contribution in [0.4, 0.5) is 5.69 Å². The number of benzene rings is 2. The Morgan fingerprint density at radius 3 is 2.68 bits per heavy atom. The highest BCUT2D eigenvalue weighted by molar-refractivity contribution is 6.09. The van der Waals surface area contributed by atoms with Crippen LogP contribution >= 0.6 is 0 Å². The Morgan fingerprint density at radius 1 is 1.07 bits per heavy atom. The molecule has 1 heterocycles. The van der Waals surface area contributed by atoms with Crippen molar-refractivity contribution in [2.24, 2.45) is 0 Å². The largest absolute Gasteiger partial charge is 0.493 e. The van der Waals surface area contributed by atoms with Gasteiger partial charge in [-0.05, 0) is 36.2 Å². The lowest BCUT2D eigenvalue weighted by Crippen LogP contribution is -2.36. The molecule has 2 aromatic carbocycles. The van der Waals surface area contributed by atoms with Crippen LogP contribution < -0.4 is 19.7 Å². The number of carbonyl (C=O) groups excluding carboxylic acids is 2. The van der Waals surface area contributed by atoms with E-state index in [2.05, 4.69) is 12.2 Å². The number of nitrogens with one attached hydrogen (secondary N) is 1. The Labute approximate surface area is 165 Å². The number of unbranched alkanes of at least 4 members (excludes halogenated alkanes) is 2. The van der Waals surface area contributed by atoms with E-state index in [1.165, 1.54) is 0 Å². The first-order valence-corrected chi connectivity index (χ1v) is 9.61. The molecule has 2 aromatic rings. The Kier molecular flexibility index (Phi) is 6.53. The van der Waals surface area contributed by atoms with Crippen LogP contribution in [0.2, 0.25) is 0 Å². The van der Waals surface area contributed by atoms with E-state index >= 15 is 0 Å². The van der Waals surface area contributed by atoms with Gasteiger partial charge in [0.1, 0.15) is 0 Å². The standard InChI is InChI=1S/C22H26N2O4/c1-3-4-7-12-28-19-11-10-16(13-20(19)27-2)15-24-18-9-6-5-8-17(18)22(26)23-14-21(24)25/h5-6,8-11,13H,3-4,7,12,14-15H2,1-2H3,(H,23,26). The number of methoxy groups -OCH3 is 1. The zero-order valence-corrected chi connectivity index (χ0v) is 16.4. The highest BCUT2D eigenvalue weighted by Crippen LogP contribution is 2.30. The summed E-state index contributed by atoms with van der Waals surface area (Å²) in [5.74, 6) is 0.942. The maximum Gasteiger partial charge on any atom is 0.253 e. The molecule has 0 aromatic heterocycles. The van der Waals surface area contributed by atoms with Crippen LogP contribution in [0.5, 0.6) is 11.5 Å². The summed E-state index contributed by atoms with van der Waals surface area (Å²) in [6.07, 6.45) is 3.27. The smallest absolute Gasteiger partial charge is 0.253 e. The molecular formula is C22H26N2O4. The fraction of sp³-hybridized carbons (Fsp3) is 0.364. The van der Waals surface area contributed by atoms with E-state index in [0.29, 0.717) is 35.9 Å². The maximum absolute atomic E-state index is 12.6. The van der Waals surface area contributed by atoms with Crippen molar-refractivity contribution in [1.82, 2.24) is 5.32 Å². The van der Waals surface area contributed by atoms with E-state index < -0.39 is 0 Å². The molecule has 3 rings (SSSR count). The van der Waals surface area contributed by atoms with Gasteiger partial charge < -0.3 is 19.7 Å². The van der Waals surface area contributed by atoms with Gasteiger partial charge >= 0.3 is 0 Å². The van der Waals surface area contributed by atoms with Crippen molar-refractivity contribution in [3.8, 4) is 11.5 Å². The van der Waals surface area contributed by atoms with E-state index in [0.717, 1.165) is 24.8 Å². The van der Waals surface area contributed by atoms with Crippen molar-refractivity contribution in [2.75, 3.05) is 25.2 Å². The first-order valence-electron chi connectivity index (χ1n) is 9.61. The van der Waals surface area contributed by atoms with Crippen LogP contribution in [0.15, 0.2) is 42.5 Å². The number of rotatable bonds is 8. The normalized spacial score (nSPS) is 13.6. The number of carbonyl (C=O) groups is 2. The van der Waals surface area contributed by atoms with Gasteiger partial charge in [0, 0.05) is 0 Å². The lowest BCUT2D eigenvalue weighted by atomic mass is 10.1. The Hall–Kier alpha value is -3.02. The molecule has 0 fully saturated rings. The molecule has 0 radical (unpaired) electrons. The molecule has 0 spiro atoms. The summed E-state index contributed by atoms with van der Waals surface area (Å²) in [5, 5.41) is 2.66. The molecule has 1 aliphatic heterocycles. The van der Waals surface area contributed by atoms with E-state index in [1.807, 2.05) is 24.3 Å². The molecule has 28 heavy (non-hydrogen) atoms. The molecule has 6 heteroatoms. The van der Waals surface area contributed by atoms with Crippen molar-refractivity contribution in [3.63, 3.8) is 0 Å². The average molecular weight is 382 g/mol. The lowest BCUT2D eigenvalue weighted by molar-refractivity contribution is -0.117. The molecule has 6 nitrogen and oxygen atoms in total. The van der Waals surface area contributed by atoms with E-state index in [4.69, 9.17) is 9.47 Å². The van der Waals surface area contributed by atoms with Gasteiger partial charge in [-0.3, -0.25) is 9.59 Å². The summed E-state index contributed by atoms with van der Waals surface area (Å²) in [6.45, 7) is 3.12. The molecule has 0 saturated carbocycles. The van der Waals surface area contributed by atoms with Crippen molar-refractivity contribution in [1.29, 1.82) is 0 Å². The maximum atomic E-state index is 12.6. The molecule has 0 aliphatic carbocycles. The van der Waals surface area contributed by atoms with Crippen molar-refractivity contribution in [2.45, 2.75) is 32.7 Å². The molecular weight excluding hydrogens is 356 g/mol. The number of hydrogen-bond donors (Lipinski definition) is 1. The molecule has 0 saturated heterocycles. The third-order valence-electron chi connectivity index (χ3n) is 4.71. The predicted molar refractivity (Wildman–Crippen MR) is 108 cm³/mol. The summed E-state index contributed by atoms with van der Waals surface area (Å²) in [4.78, 5) is 26.4. The number of nitrogens with zero attached hydrogens (tertiary/aromatic N) is 1. The summed E-state index contributed by atoms with van der Waals surface area (Å²) in [5.41, 5.74) is 2.01. The van der Waals surface area contributed by atoms with Crippen LogP contribution in [-0.4, -0.2) is 32.1 Å². The fourth-order valence-corrected chi connectivity index (χ4v) is 3.20. The summed E-state index contributed by atoms with van der Waals surface area (Å²) < 4.78 is 11.3. The van der Waals surface area contributed by atoms with Crippen LogP contribution in [0.3, 0.4) is 0 Å². The van der Waals surface area contributed by atoms with Gasteiger partial charge in [-0.2, -0.15) is 0 Å². The topological polar surface area (TPSA) is 67.9 Å². The number of anilines is 1. The third-order valence-corrected chi connectivity index (χ3v) is 4.71. The summed E-state index contributed by atoms with van der Waals surface area (Å²) >= 11 is 0. The van der Waals surface area contributed by atoms with Crippen LogP contribution in [0, 0.1) is 0 Å². The Balaban J connectivity index is 1.81. The highest BCUT2D eigenvalue weighted by atomic mass is 16.5. The van der Waals surface area contributed by atoms with E-state index in [1.54, 1.807) is 30.2 Å². The zero-order valence-electron chi connectivity index (χ0n) is 16.4. The first-order chi connectivity index (χ1) is 13.6. The van der Waals surface area contributed by atoms with Gasteiger partial charge in [0.2, 0.25) is 5.91 Å². The summed E-state index contributed by atoms with van der Waals surface area (Å²) in [7, 11) is 1.60. The SMILES string of the molecule is CCCCCOc1ccc(CN2C(=O)CNC(=O)c3ccccc32)cc1OC. The van der Waals surface area contributed by atoms with Crippen molar-refractivity contribution >= 4 is 17.5 Å². The minimum absolute atomic E-state index is 0.0245. The van der Waals surface area contributed by atoms with Crippen molar-refractivity contribution < 1.29 is 19.1 Å². The molecule has 1 N–H and O–H groups in total. The van der Waals surface area contributed by atoms with Gasteiger partial charge in [0.25, 0.3) is 5.91 Å². The highest BCUT2D eigenvalue weighted by Gasteiger charge is 2.26. The zero-order chi connectivity index (χ0) is 19.9. The quantitative estimate of drug-likeness (QED) is 0.709. The van der Waals surface area contributed by atoms with E-state index in [9.17, 15) is 9.59 Å². The van der Waals surface area contributed by atoms with Crippen LogP contribution in [0.25, 0.3) is 0 Å². The van der Waals surface area contributed by atoms with Gasteiger partial charge in [-0.25, -0.2) is 0 Å². The van der Waals surface area contributed by atoms with Gasteiger partial charge in [0.05, 0.1) is 38.1 Å². The molecule has 148 valence electrons. The molecule has 0 unspecified atom stereocenters. The fourth-order valence-electron chi connectivity index (χ4n) is 3.20. The van der Waals surface area contributed by atoms with Crippen LogP contribution in [-0.2, 0) is 11.3 Å². The molecule has 1 aliphatic rings.